The van der Waals surface area contributed by atoms with Gasteiger partial charge in [-0.25, -0.2) is 0 Å². The number of likely N-dealkylation sites (tertiary alicyclic amines) is 1. The molecule has 2 heterocycles. The topological polar surface area (TPSA) is 52.1 Å². The van der Waals surface area contributed by atoms with Gasteiger partial charge in [-0.3, -0.25) is 14.8 Å². The minimum atomic E-state index is 0.493. The van der Waals surface area contributed by atoms with Crippen LogP contribution in [-0.2, 0) is 4.74 Å². The SMILES string of the molecule is CCNC(=NCC(C)N1CCCCC1C)NCC(C)N1CCOCC1. The van der Waals surface area contributed by atoms with Gasteiger partial charge in [-0.15, -0.1) is 0 Å². The number of piperidine rings is 1. The fraction of sp³-hybridized carbons (Fsp3) is 0.947. The summed E-state index contributed by atoms with van der Waals surface area (Å²) in [4.78, 5) is 9.95. The second-order valence-corrected chi connectivity index (χ2v) is 7.53. The highest BCUT2D eigenvalue weighted by Crippen LogP contribution is 2.19. The zero-order valence-corrected chi connectivity index (χ0v) is 16.8. The molecule has 0 aromatic carbocycles. The van der Waals surface area contributed by atoms with Gasteiger partial charge in [-0.2, -0.15) is 0 Å². The van der Waals surface area contributed by atoms with Gasteiger partial charge in [0.2, 0.25) is 0 Å². The quantitative estimate of drug-likeness (QED) is 0.537. The molecule has 2 aliphatic rings. The molecule has 0 aromatic heterocycles. The molecule has 0 bridgehead atoms. The summed E-state index contributed by atoms with van der Waals surface area (Å²) >= 11 is 0. The van der Waals surface area contributed by atoms with Crippen LogP contribution in [0.5, 0.6) is 0 Å². The van der Waals surface area contributed by atoms with E-state index in [1.54, 1.807) is 0 Å². The van der Waals surface area contributed by atoms with Crippen molar-refractivity contribution in [2.75, 3.05) is 52.5 Å². The van der Waals surface area contributed by atoms with Crippen molar-refractivity contribution < 1.29 is 4.74 Å². The molecule has 2 aliphatic heterocycles. The van der Waals surface area contributed by atoms with Crippen molar-refractivity contribution in [1.82, 2.24) is 20.4 Å². The molecular weight excluding hydrogens is 314 g/mol. The number of nitrogens with zero attached hydrogens (tertiary/aromatic N) is 3. The fourth-order valence-corrected chi connectivity index (χ4v) is 3.84. The van der Waals surface area contributed by atoms with E-state index in [-0.39, 0.29) is 0 Å². The average molecular weight is 354 g/mol. The number of hydrogen-bond donors (Lipinski definition) is 2. The van der Waals surface area contributed by atoms with Crippen molar-refractivity contribution in [2.24, 2.45) is 4.99 Å². The lowest BCUT2D eigenvalue weighted by Gasteiger charge is -2.37. The predicted molar refractivity (Wildman–Crippen MR) is 105 cm³/mol. The lowest BCUT2D eigenvalue weighted by Crippen LogP contribution is -2.49. The number of nitrogens with one attached hydrogen (secondary N) is 2. The molecule has 0 aliphatic carbocycles. The van der Waals surface area contributed by atoms with Gasteiger partial charge in [0.1, 0.15) is 0 Å². The first-order chi connectivity index (χ1) is 12.1. The van der Waals surface area contributed by atoms with E-state index in [9.17, 15) is 0 Å². The fourth-order valence-electron chi connectivity index (χ4n) is 3.84. The molecule has 2 saturated heterocycles. The van der Waals surface area contributed by atoms with Gasteiger partial charge >= 0.3 is 0 Å². The Balaban J connectivity index is 1.80. The maximum absolute atomic E-state index is 5.44. The van der Waals surface area contributed by atoms with E-state index in [4.69, 9.17) is 9.73 Å². The normalized spacial score (nSPS) is 26.2. The number of rotatable bonds is 7. The van der Waals surface area contributed by atoms with Crippen LogP contribution in [0.25, 0.3) is 0 Å². The molecule has 25 heavy (non-hydrogen) atoms. The maximum Gasteiger partial charge on any atom is 0.191 e. The summed E-state index contributed by atoms with van der Waals surface area (Å²) in [6.07, 6.45) is 4.02. The number of ether oxygens (including phenoxy) is 1. The van der Waals surface area contributed by atoms with Crippen LogP contribution in [-0.4, -0.2) is 86.4 Å². The van der Waals surface area contributed by atoms with Crippen molar-refractivity contribution in [3.63, 3.8) is 0 Å². The summed E-state index contributed by atoms with van der Waals surface area (Å²) in [7, 11) is 0. The van der Waals surface area contributed by atoms with Crippen LogP contribution in [0.2, 0.25) is 0 Å². The number of hydrogen-bond acceptors (Lipinski definition) is 4. The molecular formula is C19H39N5O. The molecule has 0 saturated carbocycles. The zero-order chi connectivity index (χ0) is 18.1. The Labute approximate surface area is 154 Å². The summed E-state index contributed by atoms with van der Waals surface area (Å²) in [5.41, 5.74) is 0. The summed E-state index contributed by atoms with van der Waals surface area (Å²) in [5.74, 6) is 0.944. The van der Waals surface area contributed by atoms with Gasteiger partial charge in [-0.05, 0) is 47.1 Å². The van der Waals surface area contributed by atoms with Crippen LogP contribution in [0.15, 0.2) is 4.99 Å². The monoisotopic (exact) mass is 353 g/mol. The van der Waals surface area contributed by atoms with Gasteiger partial charge in [0.25, 0.3) is 0 Å². The third-order valence-electron chi connectivity index (χ3n) is 5.51. The Morgan fingerprint density at radius 2 is 1.88 bits per heavy atom. The predicted octanol–water partition coefficient (Wildman–Crippen LogP) is 1.53. The number of aliphatic imine (C=N–C) groups is 1. The standard InChI is InChI=1S/C19H39N5O/c1-5-20-19(21-14-17(3)23-10-12-25-13-11-23)22-15-18(4)24-9-7-6-8-16(24)2/h16-18H,5-15H2,1-4H3,(H2,20,21,22). The van der Waals surface area contributed by atoms with Gasteiger partial charge in [-0.1, -0.05) is 6.42 Å². The third kappa shape index (κ3) is 6.76. The zero-order valence-electron chi connectivity index (χ0n) is 16.8. The molecule has 0 spiro atoms. The molecule has 3 atom stereocenters. The first-order valence-electron chi connectivity index (χ1n) is 10.2. The molecule has 2 N–H and O–H groups in total. The number of morpholine rings is 1. The first-order valence-corrected chi connectivity index (χ1v) is 10.2. The lowest BCUT2D eigenvalue weighted by atomic mass is 10.0. The van der Waals surface area contributed by atoms with E-state index in [0.717, 1.165) is 51.9 Å². The van der Waals surface area contributed by atoms with Crippen LogP contribution >= 0.6 is 0 Å². The van der Waals surface area contributed by atoms with Crippen molar-refractivity contribution in [2.45, 2.75) is 65.1 Å². The highest BCUT2D eigenvalue weighted by Gasteiger charge is 2.23. The maximum atomic E-state index is 5.44. The molecule has 2 rings (SSSR count). The largest absolute Gasteiger partial charge is 0.379 e. The van der Waals surface area contributed by atoms with Crippen molar-refractivity contribution in [3.8, 4) is 0 Å². The van der Waals surface area contributed by atoms with E-state index in [0.29, 0.717) is 18.1 Å². The molecule has 6 nitrogen and oxygen atoms in total. The Morgan fingerprint density at radius 3 is 2.56 bits per heavy atom. The molecule has 0 aromatic rings. The number of guanidine groups is 1. The van der Waals surface area contributed by atoms with Crippen LogP contribution in [0.3, 0.4) is 0 Å². The van der Waals surface area contributed by atoms with Crippen LogP contribution in [0.4, 0.5) is 0 Å². The van der Waals surface area contributed by atoms with E-state index in [1.807, 2.05) is 0 Å². The Hall–Kier alpha value is -0.850. The molecule has 0 amide bonds. The van der Waals surface area contributed by atoms with Crippen molar-refractivity contribution >= 4 is 5.96 Å². The molecule has 3 unspecified atom stereocenters. The Morgan fingerprint density at radius 1 is 1.12 bits per heavy atom. The third-order valence-corrected chi connectivity index (χ3v) is 5.51. The summed E-state index contributed by atoms with van der Waals surface area (Å²) < 4.78 is 5.44. The summed E-state index contributed by atoms with van der Waals surface area (Å²) in [5, 5.41) is 6.91. The molecule has 6 heteroatoms. The van der Waals surface area contributed by atoms with Crippen LogP contribution < -0.4 is 10.6 Å². The van der Waals surface area contributed by atoms with Crippen molar-refractivity contribution in [1.29, 1.82) is 0 Å². The second kappa shape index (κ2) is 11.0. The molecule has 2 fully saturated rings. The smallest absolute Gasteiger partial charge is 0.191 e. The highest BCUT2D eigenvalue weighted by molar-refractivity contribution is 5.79. The van der Waals surface area contributed by atoms with Crippen LogP contribution in [0.1, 0.15) is 47.0 Å². The van der Waals surface area contributed by atoms with Gasteiger partial charge in [0.05, 0.1) is 19.8 Å². The average Bonchev–Trinajstić information content (AvgIpc) is 2.64. The Bertz CT molecular complexity index is 397. The minimum absolute atomic E-state index is 0.493. The van der Waals surface area contributed by atoms with Gasteiger partial charge in [0, 0.05) is 44.3 Å². The summed E-state index contributed by atoms with van der Waals surface area (Å²) in [6, 6.07) is 1.69. The molecule has 0 radical (unpaired) electrons. The van der Waals surface area contributed by atoms with E-state index in [1.165, 1.54) is 25.8 Å². The van der Waals surface area contributed by atoms with E-state index in [2.05, 4.69) is 48.1 Å². The Kier molecular flexibility index (Phi) is 8.99. The van der Waals surface area contributed by atoms with E-state index >= 15 is 0 Å². The van der Waals surface area contributed by atoms with Crippen molar-refractivity contribution in [3.05, 3.63) is 0 Å². The highest BCUT2D eigenvalue weighted by atomic mass is 16.5. The first kappa shape index (κ1) is 20.5. The van der Waals surface area contributed by atoms with Gasteiger partial charge < -0.3 is 15.4 Å². The lowest BCUT2D eigenvalue weighted by molar-refractivity contribution is 0.0211. The van der Waals surface area contributed by atoms with Gasteiger partial charge in [0.15, 0.2) is 5.96 Å². The van der Waals surface area contributed by atoms with E-state index < -0.39 is 0 Å². The van der Waals surface area contributed by atoms with Crippen LogP contribution in [0, 0.1) is 0 Å². The minimum Gasteiger partial charge on any atom is -0.379 e. The second-order valence-electron chi connectivity index (χ2n) is 7.53. The summed E-state index contributed by atoms with van der Waals surface area (Å²) in [6.45, 7) is 16.7. The molecule has 146 valence electrons.